The van der Waals surface area contributed by atoms with E-state index in [0.29, 0.717) is 0 Å². The topological polar surface area (TPSA) is 46.2 Å². The molecule has 2 nitrogen and oxygen atoms in total. The largest absolute Gasteiger partial charge is 0.391 e. The fourth-order valence-electron chi connectivity index (χ4n) is 1.69. The van der Waals surface area contributed by atoms with Gasteiger partial charge in [-0.15, -0.1) is 0 Å². The quantitative estimate of drug-likeness (QED) is 0.806. The van der Waals surface area contributed by atoms with Gasteiger partial charge >= 0.3 is 0 Å². The maximum Gasteiger partial charge on any atom is 0.0780 e. The summed E-state index contributed by atoms with van der Waals surface area (Å²) in [5.41, 5.74) is 9.37. The second-order valence-electron chi connectivity index (χ2n) is 5.68. The SMILES string of the molecule is Cc1ccc([C@H](N)[C@H](O)C(C)(C)C)cc1C. The molecule has 0 amide bonds. The minimum atomic E-state index is -0.533. The van der Waals surface area contributed by atoms with Gasteiger partial charge in [-0.1, -0.05) is 39.0 Å². The van der Waals surface area contributed by atoms with E-state index in [4.69, 9.17) is 5.73 Å². The summed E-state index contributed by atoms with van der Waals surface area (Å²) in [6.07, 6.45) is -0.533. The van der Waals surface area contributed by atoms with E-state index in [9.17, 15) is 5.11 Å². The van der Waals surface area contributed by atoms with Crippen molar-refractivity contribution in [2.24, 2.45) is 11.1 Å². The van der Waals surface area contributed by atoms with Gasteiger partial charge in [0.15, 0.2) is 0 Å². The van der Waals surface area contributed by atoms with Crippen LogP contribution in [-0.2, 0) is 0 Å². The zero-order chi connectivity index (χ0) is 12.5. The van der Waals surface area contributed by atoms with Crippen LogP contribution in [0, 0.1) is 19.3 Å². The van der Waals surface area contributed by atoms with Crippen molar-refractivity contribution in [1.29, 1.82) is 0 Å². The smallest absolute Gasteiger partial charge is 0.0780 e. The third kappa shape index (κ3) is 2.83. The molecular formula is C14H23NO. The molecule has 2 heteroatoms. The molecule has 16 heavy (non-hydrogen) atoms. The fraction of sp³-hybridized carbons (Fsp3) is 0.571. The third-order valence-electron chi connectivity index (χ3n) is 3.14. The maximum absolute atomic E-state index is 10.1. The van der Waals surface area contributed by atoms with Crippen molar-refractivity contribution in [2.75, 3.05) is 0 Å². The summed E-state index contributed by atoms with van der Waals surface area (Å²) in [7, 11) is 0. The van der Waals surface area contributed by atoms with Gasteiger partial charge in [-0.25, -0.2) is 0 Å². The molecule has 0 radical (unpaired) electrons. The Hall–Kier alpha value is -0.860. The van der Waals surface area contributed by atoms with Crippen molar-refractivity contribution in [3.05, 3.63) is 34.9 Å². The number of benzene rings is 1. The molecule has 0 aliphatic rings. The van der Waals surface area contributed by atoms with E-state index in [1.165, 1.54) is 11.1 Å². The van der Waals surface area contributed by atoms with Crippen molar-refractivity contribution in [3.63, 3.8) is 0 Å². The zero-order valence-corrected chi connectivity index (χ0v) is 10.9. The number of aryl methyl sites for hydroxylation is 2. The lowest BCUT2D eigenvalue weighted by Crippen LogP contribution is -2.37. The number of aliphatic hydroxyl groups is 1. The van der Waals surface area contributed by atoms with Crippen LogP contribution in [0.1, 0.15) is 43.5 Å². The van der Waals surface area contributed by atoms with E-state index in [1.54, 1.807) is 0 Å². The highest BCUT2D eigenvalue weighted by Gasteiger charge is 2.28. The lowest BCUT2D eigenvalue weighted by atomic mass is 9.82. The van der Waals surface area contributed by atoms with E-state index in [0.717, 1.165) is 5.56 Å². The highest BCUT2D eigenvalue weighted by atomic mass is 16.3. The first-order valence-corrected chi connectivity index (χ1v) is 5.74. The lowest BCUT2D eigenvalue weighted by Gasteiger charge is -2.31. The second-order valence-corrected chi connectivity index (χ2v) is 5.68. The number of rotatable bonds is 2. The molecule has 2 atom stereocenters. The van der Waals surface area contributed by atoms with Crippen molar-refractivity contribution in [1.82, 2.24) is 0 Å². The highest BCUT2D eigenvalue weighted by Crippen LogP contribution is 2.29. The molecule has 0 fully saturated rings. The third-order valence-corrected chi connectivity index (χ3v) is 3.14. The highest BCUT2D eigenvalue weighted by molar-refractivity contribution is 5.32. The molecule has 90 valence electrons. The van der Waals surface area contributed by atoms with Crippen LogP contribution < -0.4 is 5.73 Å². The maximum atomic E-state index is 10.1. The summed E-state index contributed by atoms with van der Waals surface area (Å²) >= 11 is 0. The van der Waals surface area contributed by atoms with Gasteiger partial charge in [-0.05, 0) is 36.0 Å². The normalized spacial score (nSPS) is 15.9. The second kappa shape index (κ2) is 4.56. The predicted octanol–water partition coefficient (Wildman–Crippen LogP) is 2.71. The van der Waals surface area contributed by atoms with Gasteiger partial charge in [0.1, 0.15) is 0 Å². The van der Waals surface area contributed by atoms with E-state index in [2.05, 4.69) is 26.0 Å². The summed E-state index contributed by atoms with van der Waals surface area (Å²) < 4.78 is 0. The predicted molar refractivity (Wildman–Crippen MR) is 68.3 cm³/mol. The van der Waals surface area contributed by atoms with E-state index in [1.807, 2.05) is 26.8 Å². The van der Waals surface area contributed by atoms with Crippen LogP contribution in [-0.4, -0.2) is 11.2 Å². The van der Waals surface area contributed by atoms with Gasteiger partial charge in [0, 0.05) is 0 Å². The van der Waals surface area contributed by atoms with Crippen LogP contribution in [0.2, 0.25) is 0 Å². The van der Waals surface area contributed by atoms with Crippen molar-refractivity contribution < 1.29 is 5.11 Å². The molecule has 0 aliphatic carbocycles. The van der Waals surface area contributed by atoms with Gasteiger partial charge in [0.25, 0.3) is 0 Å². The molecule has 0 spiro atoms. The van der Waals surface area contributed by atoms with Crippen LogP contribution in [0.25, 0.3) is 0 Å². The number of nitrogens with two attached hydrogens (primary N) is 1. The van der Waals surface area contributed by atoms with E-state index >= 15 is 0 Å². The summed E-state index contributed by atoms with van der Waals surface area (Å²) in [6, 6.07) is 5.80. The van der Waals surface area contributed by atoms with Crippen LogP contribution in [0.4, 0.5) is 0 Å². The summed E-state index contributed by atoms with van der Waals surface area (Å²) in [6.45, 7) is 10.1. The molecule has 0 heterocycles. The Labute approximate surface area is 98.5 Å². The summed E-state index contributed by atoms with van der Waals surface area (Å²) in [5.74, 6) is 0. The first-order valence-electron chi connectivity index (χ1n) is 5.74. The minimum Gasteiger partial charge on any atom is -0.391 e. The van der Waals surface area contributed by atoms with Crippen molar-refractivity contribution in [2.45, 2.75) is 46.8 Å². The van der Waals surface area contributed by atoms with Crippen LogP contribution in [0.5, 0.6) is 0 Å². The Balaban J connectivity index is 2.97. The molecule has 0 aliphatic heterocycles. The average molecular weight is 221 g/mol. The molecule has 3 N–H and O–H groups in total. The van der Waals surface area contributed by atoms with Crippen LogP contribution in [0.15, 0.2) is 18.2 Å². The van der Waals surface area contributed by atoms with E-state index in [-0.39, 0.29) is 11.5 Å². The standard InChI is InChI=1S/C14H23NO/c1-9-6-7-11(8-10(9)2)12(15)13(16)14(3,4)5/h6-8,12-13,16H,15H2,1-5H3/t12-,13-/m0/s1. The average Bonchev–Trinajstić information content (AvgIpc) is 2.18. The molecule has 0 bridgehead atoms. The molecule has 1 rings (SSSR count). The molecule has 1 aromatic rings. The van der Waals surface area contributed by atoms with Crippen molar-refractivity contribution in [3.8, 4) is 0 Å². The van der Waals surface area contributed by atoms with E-state index < -0.39 is 6.10 Å². The van der Waals surface area contributed by atoms with Gasteiger partial charge in [0.05, 0.1) is 12.1 Å². The van der Waals surface area contributed by atoms with Crippen molar-refractivity contribution >= 4 is 0 Å². The van der Waals surface area contributed by atoms with Gasteiger partial charge in [0.2, 0.25) is 0 Å². The Bertz CT molecular complexity index is 365. The molecular weight excluding hydrogens is 198 g/mol. The molecule has 0 aromatic heterocycles. The molecule has 0 saturated carbocycles. The lowest BCUT2D eigenvalue weighted by molar-refractivity contribution is 0.0401. The molecule has 1 aromatic carbocycles. The van der Waals surface area contributed by atoms with Crippen LogP contribution in [0.3, 0.4) is 0 Å². The Morgan fingerprint density at radius 3 is 2.12 bits per heavy atom. The number of hydrogen-bond acceptors (Lipinski definition) is 2. The van der Waals surface area contributed by atoms with Gasteiger partial charge in [-0.3, -0.25) is 0 Å². The summed E-state index contributed by atoms with van der Waals surface area (Å²) in [5, 5.41) is 10.1. The fourth-order valence-corrected chi connectivity index (χ4v) is 1.69. The first-order chi connectivity index (χ1) is 7.23. The zero-order valence-electron chi connectivity index (χ0n) is 10.9. The number of hydrogen-bond donors (Lipinski definition) is 2. The van der Waals surface area contributed by atoms with Crippen LogP contribution >= 0.6 is 0 Å². The first kappa shape index (κ1) is 13.2. The minimum absolute atomic E-state index is 0.196. The Kier molecular flexibility index (Phi) is 3.76. The van der Waals surface area contributed by atoms with Gasteiger partial charge in [-0.2, -0.15) is 0 Å². The van der Waals surface area contributed by atoms with Gasteiger partial charge < -0.3 is 10.8 Å². The summed E-state index contributed by atoms with van der Waals surface area (Å²) in [4.78, 5) is 0. The Morgan fingerprint density at radius 2 is 1.69 bits per heavy atom. The Morgan fingerprint density at radius 1 is 1.12 bits per heavy atom. The monoisotopic (exact) mass is 221 g/mol. The number of aliphatic hydroxyl groups excluding tert-OH is 1. The molecule has 0 unspecified atom stereocenters. The molecule has 0 saturated heterocycles.